The number of nitrogens with zero attached hydrogens (tertiary/aromatic N) is 3. The first kappa shape index (κ1) is 13.4. The van der Waals surface area contributed by atoms with Crippen molar-refractivity contribution in [2.24, 2.45) is 0 Å². The molecule has 0 bridgehead atoms. The third kappa shape index (κ3) is 2.67. The van der Waals surface area contributed by atoms with Gasteiger partial charge in [-0.2, -0.15) is 0 Å². The van der Waals surface area contributed by atoms with E-state index in [1.54, 1.807) is 19.6 Å². The van der Waals surface area contributed by atoms with Crippen LogP contribution in [0.2, 0.25) is 0 Å². The van der Waals surface area contributed by atoms with Crippen LogP contribution in [0, 0.1) is 6.92 Å². The number of fused-ring (bicyclic) bond motifs is 1. The minimum atomic E-state index is 0.689. The summed E-state index contributed by atoms with van der Waals surface area (Å²) in [6, 6.07) is 7.78. The molecule has 5 nitrogen and oxygen atoms in total. The van der Waals surface area contributed by atoms with E-state index in [4.69, 9.17) is 9.15 Å². The average Bonchev–Trinajstić information content (AvgIpc) is 2.99. The van der Waals surface area contributed by atoms with Gasteiger partial charge in [-0.05, 0) is 25.1 Å². The Labute approximate surface area is 123 Å². The van der Waals surface area contributed by atoms with E-state index in [1.807, 2.05) is 43.1 Å². The highest BCUT2D eigenvalue weighted by atomic mass is 16.5. The fourth-order valence-corrected chi connectivity index (χ4v) is 2.28. The van der Waals surface area contributed by atoms with Crippen molar-refractivity contribution in [3.8, 4) is 5.75 Å². The van der Waals surface area contributed by atoms with Gasteiger partial charge in [0.1, 0.15) is 5.75 Å². The van der Waals surface area contributed by atoms with Crippen molar-refractivity contribution in [2.45, 2.75) is 13.5 Å². The summed E-state index contributed by atoms with van der Waals surface area (Å²) in [4.78, 5) is 11.2. The fraction of sp³-hybridized carbons (Fsp3) is 0.250. The molecule has 0 fully saturated rings. The molecule has 21 heavy (non-hydrogen) atoms. The molecule has 2 aromatic heterocycles. The van der Waals surface area contributed by atoms with Gasteiger partial charge in [-0.1, -0.05) is 0 Å². The van der Waals surface area contributed by atoms with Crippen LogP contribution in [0.25, 0.3) is 10.9 Å². The number of hydrogen-bond acceptors (Lipinski definition) is 5. The summed E-state index contributed by atoms with van der Waals surface area (Å²) in [7, 11) is 3.62. The van der Waals surface area contributed by atoms with E-state index in [0.717, 1.165) is 27.9 Å². The maximum atomic E-state index is 5.26. The maximum Gasteiger partial charge on any atom is 0.226 e. The van der Waals surface area contributed by atoms with Crippen molar-refractivity contribution >= 4 is 16.9 Å². The Balaban J connectivity index is 1.98. The van der Waals surface area contributed by atoms with Gasteiger partial charge >= 0.3 is 0 Å². The number of ether oxygens (including phenoxy) is 1. The Morgan fingerprint density at radius 3 is 2.81 bits per heavy atom. The highest BCUT2D eigenvalue weighted by molar-refractivity contribution is 5.83. The molecule has 108 valence electrons. The smallest absolute Gasteiger partial charge is 0.226 e. The van der Waals surface area contributed by atoms with Crippen LogP contribution in [-0.2, 0) is 6.54 Å². The van der Waals surface area contributed by atoms with Crippen LogP contribution in [0.5, 0.6) is 5.75 Å². The van der Waals surface area contributed by atoms with Gasteiger partial charge < -0.3 is 14.1 Å². The number of hydrogen-bond donors (Lipinski definition) is 0. The monoisotopic (exact) mass is 283 g/mol. The predicted molar refractivity (Wildman–Crippen MR) is 81.6 cm³/mol. The third-order valence-corrected chi connectivity index (χ3v) is 3.42. The summed E-state index contributed by atoms with van der Waals surface area (Å²) < 4.78 is 10.4. The first-order valence-electron chi connectivity index (χ1n) is 6.72. The minimum Gasteiger partial charge on any atom is -0.497 e. The zero-order valence-electron chi connectivity index (χ0n) is 12.3. The molecule has 2 heterocycles. The molecule has 0 unspecified atom stereocenters. The molecule has 0 spiro atoms. The zero-order chi connectivity index (χ0) is 14.8. The van der Waals surface area contributed by atoms with Crippen LogP contribution < -0.4 is 9.64 Å². The molecule has 0 saturated heterocycles. The lowest BCUT2D eigenvalue weighted by Crippen LogP contribution is -2.19. The van der Waals surface area contributed by atoms with Crippen LogP contribution in [0.1, 0.15) is 11.3 Å². The molecule has 0 amide bonds. The quantitative estimate of drug-likeness (QED) is 0.736. The Morgan fingerprint density at radius 1 is 1.24 bits per heavy atom. The van der Waals surface area contributed by atoms with Crippen molar-refractivity contribution in [3.05, 3.63) is 48.0 Å². The lowest BCUT2D eigenvalue weighted by atomic mass is 10.2. The third-order valence-electron chi connectivity index (χ3n) is 3.42. The number of benzene rings is 1. The minimum absolute atomic E-state index is 0.689. The van der Waals surface area contributed by atoms with E-state index in [1.165, 1.54) is 0 Å². The van der Waals surface area contributed by atoms with Gasteiger partial charge in [0.15, 0.2) is 0 Å². The van der Waals surface area contributed by atoms with Crippen molar-refractivity contribution < 1.29 is 9.15 Å². The topological polar surface area (TPSA) is 51.4 Å². The van der Waals surface area contributed by atoms with Gasteiger partial charge in [0.05, 0.1) is 30.8 Å². The van der Waals surface area contributed by atoms with Crippen LogP contribution in [0.3, 0.4) is 0 Å². The summed E-state index contributed by atoms with van der Waals surface area (Å²) in [5.41, 5.74) is 2.93. The fourth-order valence-electron chi connectivity index (χ4n) is 2.28. The number of aryl methyl sites for hydroxylation is 1. The highest BCUT2D eigenvalue weighted by Crippen LogP contribution is 2.23. The Hall–Kier alpha value is -2.56. The number of rotatable bonds is 4. The van der Waals surface area contributed by atoms with Crippen molar-refractivity contribution in [3.63, 3.8) is 0 Å². The predicted octanol–water partition coefficient (Wildman–Crippen LogP) is 3.18. The number of furan rings is 1. The molecule has 0 aliphatic carbocycles. The second-order valence-corrected chi connectivity index (χ2v) is 4.98. The van der Waals surface area contributed by atoms with E-state index in [-0.39, 0.29) is 0 Å². The van der Waals surface area contributed by atoms with Gasteiger partial charge in [0.2, 0.25) is 5.95 Å². The number of methoxy groups -OCH3 is 1. The standard InChI is InChI=1S/C16H17N3O2/c1-11-14-5-4-13(20-3)8-15(14)18-16(17-11)19(2)9-12-6-7-21-10-12/h4-8,10H,9H2,1-3H3. The van der Waals surface area contributed by atoms with Crippen LogP contribution >= 0.6 is 0 Å². The summed E-state index contributed by atoms with van der Waals surface area (Å²) in [6.07, 6.45) is 3.40. The van der Waals surface area contributed by atoms with Crippen LogP contribution in [-0.4, -0.2) is 24.1 Å². The largest absolute Gasteiger partial charge is 0.497 e. The van der Waals surface area contributed by atoms with Gasteiger partial charge in [-0.3, -0.25) is 0 Å². The van der Waals surface area contributed by atoms with Crippen molar-refractivity contribution in [2.75, 3.05) is 19.1 Å². The molecule has 1 aromatic carbocycles. The van der Waals surface area contributed by atoms with Crippen molar-refractivity contribution in [1.29, 1.82) is 0 Å². The first-order chi connectivity index (χ1) is 10.2. The van der Waals surface area contributed by atoms with Gasteiger partial charge in [-0.15, -0.1) is 0 Å². The molecule has 3 rings (SSSR count). The molecule has 0 saturated carbocycles. The Kier molecular flexibility index (Phi) is 3.48. The Morgan fingerprint density at radius 2 is 2.10 bits per heavy atom. The number of aromatic nitrogens is 2. The van der Waals surface area contributed by atoms with E-state index < -0.39 is 0 Å². The molecule has 0 aliphatic rings. The second-order valence-electron chi connectivity index (χ2n) is 4.98. The zero-order valence-corrected chi connectivity index (χ0v) is 12.3. The first-order valence-corrected chi connectivity index (χ1v) is 6.72. The second kappa shape index (κ2) is 5.44. The van der Waals surface area contributed by atoms with E-state index in [9.17, 15) is 0 Å². The molecule has 3 aromatic rings. The summed E-state index contributed by atoms with van der Waals surface area (Å²) in [5, 5.41) is 1.04. The normalized spacial score (nSPS) is 10.8. The lowest BCUT2D eigenvalue weighted by molar-refractivity contribution is 0.415. The Bertz CT molecular complexity index is 754. The summed E-state index contributed by atoms with van der Waals surface area (Å²) in [6.45, 7) is 2.69. The van der Waals surface area contributed by atoms with Gasteiger partial charge in [0, 0.05) is 30.6 Å². The molecule has 0 radical (unpaired) electrons. The molecule has 0 atom stereocenters. The lowest BCUT2D eigenvalue weighted by Gasteiger charge is -2.17. The highest BCUT2D eigenvalue weighted by Gasteiger charge is 2.10. The molecule has 0 N–H and O–H groups in total. The van der Waals surface area contributed by atoms with E-state index in [0.29, 0.717) is 12.5 Å². The van der Waals surface area contributed by atoms with Crippen LogP contribution in [0.4, 0.5) is 5.95 Å². The maximum absolute atomic E-state index is 5.26. The van der Waals surface area contributed by atoms with Crippen molar-refractivity contribution in [1.82, 2.24) is 9.97 Å². The molecule has 5 heteroatoms. The molecule has 0 aliphatic heterocycles. The van der Waals surface area contributed by atoms with E-state index >= 15 is 0 Å². The van der Waals surface area contributed by atoms with E-state index in [2.05, 4.69) is 9.97 Å². The molecular formula is C16H17N3O2. The number of anilines is 1. The summed E-state index contributed by atoms with van der Waals surface area (Å²) >= 11 is 0. The molecular weight excluding hydrogens is 266 g/mol. The summed E-state index contributed by atoms with van der Waals surface area (Å²) in [5.74, 6) is 1.48. The van der Waals surface area contributed by atoms with Gasteiger partial charge in [0.25, 0.3) is 0 Å². The van der Waals surface area contributed by atoms with Crippen LogP contribution in [0.15, 0.2) is 41.2 Å². The average molecular weight is 283 g/mol. The van der Waals surface area contributed by atoms with Gasteiger partial charge in [-0.25, -0.2) is 9.97 Å². The SMILES string of the molecule is COc1ccc2c(C)nc(N(C)Cc3ccoc3)nc2c1.